The monoisotopic (exact) mass is 309 g/mol. The molecular formula is C14H19N3O3S. The minimum atomic E-state index is -3.67. The van der Waals surface area contributed by atoms with Crippen LogP contribution in [-0.2, 0) is 10.0 Å². The molecule has 0 amide bonds. The van der Waals surface area contributed by atoms with Crippen molar-refractivity contribution in [3.05, 3.63) is 40.8 Å². The first-order valence-electron chi connectivity index (χ1n) is 6.54. The Morgan fingerprint density at radius 1 is 1.29 bits per heavy atom. The highest BCUT2D eigenvalue weighted by atomic mass is 32.2. The van der Waals surface area contributed by atoms with E-state index >= 15 is 0 Å². The third-order valence-corrected chi connectivity index (χ3v) is 5.15. The molecule has 2 rings (SSSR count). The fraction of sp³-hybridized carbons (Fsp3) is 0.357. The van der Waals surface area contributed by atoms with Crippen molar-refractivity contribution in [1.29, 1.82) is 0 Å². The van der Waals surface area contributed by atoms with E-state index in [4.69, 9.17) is 10.3 Å². The van der Waals surface area contributed by atoms with Crippen LogP contribution < -0.4 is 10.5 Å². The number of rotatable bonds is 4. The zero-order chi connectivity index (χ0) is 15.8. The number of nitrogen functional groups attached to an aromatic ring is 1. The molecule has 2 aromatic rings. The molecule has 114 valence electrons. The lowest BCUT2D eigenvalue weighted by molar-refractivity contribution is 0.391. The molecule has 1 aromatic carbocycles. The highest BCUT2D eigenvalue weighted by Crippen LogP contribution is 2.25. The lowest BCUT2D eigenvalue weighted by atomic mass is 10.1. The van der Waals surface area contributed by atoms with Crippen LogP contribution in [0.25, 0.3) is 0 Å². The van der Waals surface area contributed by atoms with Crippen LogP contribution in [0.5, 0.6) is 0 Å². The predicted octanol–water partition coefficient (Wildman–Crippen LogP) is 2.22. The van der Waals surface area contributed by atoms with Crippen molar-refractivity contribution in [3.8, 4) is 0 Å². The maximum absolute atomic E-state index is 12.5. The number of aryl methyl sites for hydroxylation is 2. The molecule has 1 atom stereocenters. The van der Waals surface area contributed by atoms with Gasteiger partial charge in [0.15, 0.2) is 0 Å². The number of benzene rings is 1. The van der Waals surface area contributed by atoms with E-state index in [-0.39, 0.29) is 4.90 Å². The maximum atomic E-state index is 12.5. The van der Waals surface area contributed by atoms with Crippen LogP contribution in [0.4, 0.5) is 5.69 Å². The standard InChI is InChI=1S/C14H19N3O3S/c1-8-12(15)6-5-7-13(8)21(18,19)17-10(3)14-9(2)16-20-11(14)4/h5-7,10,17H,15H2,1-4H3. The van der Waals surface area contributed by atoms with Crippen LogP contribution in [0, 0.1) is 20.8 Å². The van der Waals surface area contributed by atoms with Crippen molar-refractivity contribution in [2.45, 2.75) is 38.6 Å². The van der Waals surface area contributed by atoms with Gasteiger partial charge in [-0.05, 0) is 45.4 Å². The van der Waals surface area contributed by atoms with Gasteiger partial charge in [-0.1, -0.05) is 11.2 Å². The predicted molar refractivity (Wildman–Crippen MR) is 80.3 cm³/mol. The summed E-state index contributed by atoms with van der Waals surface area (Å²) in [6.07, 6.45) is 0. The van der Waals surface area contributed by atoms with Gasteiger partial charge < -0.3 is 10.3 Å². The first-order valence-corrected chi connectivity index (χ1v) is 8.02. The summed E-state index contributed by atoms with van der Waals surface area (Å²) in [5.74, 6) is 0.604. The molecule has 0 aliphatic heterocycles. The summed E-state index contributed by atoms with van der Waals surface area (Å²) in [7, 11) is -3.67. The lowest BCUT2D eigenvalue weighted by Crippen LogP contribution is -2.28. The van der Waals surface area contributed by atoms with E-state index in [1.165, 1.54) is 6.07 Å². The molecule has 0 fully saturated rings. The second-order valence-electron chi connectivity index (χ2n) is 5.05. The molecule has 6 nitrogen and oxygen atoms in total. The second-order valence-corrected chi connectivity index (χ2v) is 6.73. The third-order valence-electron chi connectivity index (χ3n) is 3.47. The molecule has 1 aromatic heterocycles. The quantitative estimate of drug-likeness (QED) is 0.844. The molecule has 0 aliphatic carbocycles. The summed E-state index contributed by atoms with van der Waals surface area (Å²) in [5, 5.41) is 3.84. The fourth-order valence-corrected chi connectivity index (χ4v) is 3.87. The van der Waals surface area contributed by atoms with Gasteiger partial charge in [-0.25, -0.2) is 13.1 Å². The zero-order valence-electron chi connectivity index (χ0n) is 12.5. The Kier molecular flexibility index (Phi) is 4.06. The van der Waals surface area contributed by atoms with Crippen molar-refractivity contribution in [2.24, 2.45) is 0 Å². The van der Waals surface area contributed by atoms with Crippen LogP contribution in [0.1, 0.15) is 35.5 Å². The second kappa shape index (κ2) is 5.50. The minimum absolute atomic E-state index is 0.182. The highest BCUT2D eigenvalue weighted by Gasteiger charge is 2.24. The van der Waals surface area contributed by atoms with Crippen molar-refractivity contribution < 1.29 is 12.9 Å². The molecule has 3 N–H and O–H groups in total. The van der Waals surface area contributed by atoms with Crippen molar-refractivity contribution in [1.82, 2.24) is 9.88 Å². The largest absolute Gasteiger partial charge is 0.398 e. The molecule has 0 saturated heterocycles. The Morgan fingerprint density at radius 2 is 1.95 bits per heavy atom. The summed E-state index contributed by atoms with van der Waals surface area (Å²) in [5.41, 5.74) is 8.18. The average Bonchev–Trinajstić information content (AvgIpc) is 2.71. The van der Waals surface area contributed by atoms with E-state index in [1.807, 2.05) is 0 Å². The van der Waals surface area contributed by atoms with E-state index in [0.717, 1.165) is 5.56 Å². The van der Waals surface area contributed by atoms with E-state index in [2.05, 4.69) is 9.88 Å². The molecule has 0 spiro atoms. The Morgan fingerprint density at radius 3 is 2.52 bits per heavy atom. The topological polar surface area (TPSA) is 98.2 Å². The SMILES string of the molecule is Cc1noc(C)c1C(C)NS(=O)(=O)c1cccc(N)c1C. The van der Waals surface area contributed by atoms with E-state index in [1.54, 1.807) is 39.8 Å². The van der Waals surface area contributed by atoms with E-state index < -0.39 is 16.1 Å². The van der Waals surface area contributed by atoms with Gasteiger partial charge in [0, 0.05) is 17.3 Å². The number of nitrogens with zero attached hydrogens (tertiary/aromatic N) is 1. The van der Waals surface area contributed by atoms with Crippen LogP contribution in [-0.4, -0.2) is 13.6 Å². The number of nitrogens with two attached hydrogens (primary N) is 1. The Hall–Kier alpha value is -1.86. The number of aromatic nitrogens is 1. The minimum Gasteiger partial charge on any atom is -0.398 e. The highest BCUT2D eigenvalue weighted by molar-refractivity contribution is 7.89. The maximum Gasteiger partial charge on any atom is 0.241 e. The molecule has 0 saturated carbocycles. The van der Waals surface area contributed by atoms with Gasteiger partial charge in [0.1, 0.15) is 5.76 Å². The Labute approximate surface area is 124 Å². The molecule has 1 heterocycles. The Balaban J connectivity index is 2.36. The molecule has 0 bridgehead atoms. The molecular weight excluding hydrogens is 290 g/mol. The molecule has 0 aliphatic rings. The fourth-order valence-electron chi connectivity index (χ4n) is 2.39. The number of sulfonamides is 1. The summed E-state index contributed by atoms with van der Waals surface area (Å²) < 4.78 is 32.7. The van der Waals surface area contributed by atoms with Crippen LogP contribution in [0.15, 0.2) is 27.6 Å². The van der Waals surface area contributed by atoms with Gasteiger partial charge in [-0.3, -0.25) is 0 Å². The summed E-state index contributed by atoms with van der Waals surface area (Å²) in [6, 6.07) is 4.39. The Bertz CT molecular complexity index is 746. The first-order chi connectivity index (χ1) is 9.74. The number of anilines is 1. The third kappa shape index (κ3) is 2.93. The normalized spacial score (nSPS) is 13.3. The molecule has 21 heavy (non-hydrogen) atoms. The molecule has 7 heteroatoms. The van der Waals surface area contributed by atoms with Gasteiger partial charge >= 0.3 is 0 Å². The van der Waals surface area contributed by atoms with E-state index in [0.29, 0.717) is 22.7 Å². The van der Waals surface area contributed by atoms with Crippen molar-refractivity contribution in [2.75, 3.05) is 5.73 Å². The number of nitrogens with one attached hydrogen (secondary N) is 1. The number of hydrogen-bond acceptors (Lipinski definition) is 5. The average molecular weight is 309 g/mol. The van der Waals surface area contributed by atoms with Crippen LogP contribution in [0.3, 0.4) is 0 Å². The first kappa shape index (κ1) is 15.5. The molecule has 0 radical (unpaired) electrons. The summed E-state index contributed by atoms with van der Waals surface area (Å²) >= 11 is 0. The lowest BCUT2D eigenvalue weighted by Gasteiger charge is -2.16. The van der Waals surface area contributed by atoms with Gasteiger partial charge in [0.25, 0.3) is 0 Å². The van der Waals surface area contributed by atoms with Crippen LogP contribution >= 0.6 is 0 Å². The van der Waals surface area contributed by atoms with Crippen molar-refractivity contribution in [3.63, 3.8) is 0 Å². The smallest absolute Gasteiger partial charge is 0.241 e. The van der Waals surface area contributed by atoms with Gasteiger partial charge in [-0.15, -0.1) is 0 Å². The summed E-state index contributed by atoms with van der Waals surface area (Å²) in [6.45, 7) is 6.98. The van der Waals surface area contributed by atoms with E-state index in [9.17, 15) is 8.42 Å². The zero-order valence-corrected chi connectivity index (χ0v) is 13.3. The number of hydrogen-bond donors (Lipinski definition) is 2. The summed E-state index contributed by atoms with van der Waals surface area (Å²) in [4.78, 5) is 0.182. The van der Waals surface area contributed by atoms with Crippen LogP contribution in [0.2, 0.25) is 0 Å². The molecule has 1 unspecified atom stereocenters. The van der Waals surface area contributed by atoms with Crippen molar-refractivity contribution >= 4 is 15.7 Å². The van der Waals surface area contributed by atoms with Gasteiger partial charge in [-0.2, -0.15) is 0 Å². The van der Waals surface area contributed by atoms with Gasteiger partial charge in [0.2, 0.25) is 10.0 Å². The van der Waals surface area contributed by atoms with Gasteiger partial charge in [0.05, 0.1) is 10.6 Å².